The summed E-state index contributed by atoms with van der Waals surface area (Å²) < 4.78 is 27.4. The minimum Gasteiger partial charge on any atom is -0.478 e. The van der Waals surface area contributed by atoms with Gasteiger partial charge in [0.1, 0.15) is 11.7 Å². The molecule has 3 rings (SSSR count). The molecule has 21 heteroatoms. The predicted octanol–water partition coefficient (Wildman–Crippen LogP) is -1.94. The zero-order chi connectivity index (χ0) is 30.0. The first-order chi connectivity index (χ1) is 18.6. The molecule has 2 fully saturated rings. The summed E-state index contributed by atoms with van der Waals surface area (Å²) in [6, 6.07) is -4.72. The number of nitrogens with one attached hydrogen (secondary N) is 3. The highest BCUT2D eigenvalue weighted by atomic mass is 32.2. The first kappa shape index (κ1) is 30.0. The minimum absolute atomic E-state index is 0.0562. The quantitative estimate of drug-likeness (QED) is 0.117. The van der Waals surface area contributed by atoms with Crippen molar-refractivity contribution in [2.45, 2.75) is 32.4 Å². The molecule has 1 atom stereocenters. The molecule has 0 aromatic carbocycles. The fraction of sp³-hybridized carbons (Fsp3) is 0.474. The van der Waals surface area contributed by atoms with Crippen LogP contribution in [-0.4, -0.2) is 113 Å². The molecule has 40 heavy (non-hydrogen) atoms. The van der Waals surface area contributed by atoms with Crippen LogP contribution in [0.2, 0.25) is 0 Å². The Kier molecular flexibility index (Phi) is 8.48. The number of amides is 8. The lowest BCUT2D eigenvalue weighted by Crippen LogP contribution is -2.68. The van der Waals surface area contributed by atoms with Crippen molar-refractivity contribution in [3.8, 4) is 0 Å². The maximum atomic E-state index is 12.8. The van der Waals surface area contributed by atoms with Gasteiger partial charge in [0.25, 0.3) is 11.8 Å². The first-order valence-electron chi connectivity index (χ1n) is 11.3. The van der Waals surface area contributed by atoms with Gasteiger partial charge in [-0.25, -0.2) is 38.5 Å². The molecule has 0 saturated carbocycles. The highest BCUT2D eigenvalue weighted by molar-refractivity contribution is 7.88. The van der Waals surface area contributed by atoms with Gasteiger partial charge in [0.15, 0.2) is 10.8 Å². The molecule has 3 heterocycles. The van der Waals surface area contributed by atoms with Gasteiger partial charge in [-0.3, -0.25) is 14.5 Å². The summed E-state index contributed by atoms with van der Waals surface area (Å²) in [7, 11) is -4.82. The fourth-order valence-electron chi connectivity index (χ4n) is 3.17. The lowest BCUT2D eigenvalue weighted by atomic mass is 10.1. The molecule has 8 amide bonds. The Bertz CT molecular complexity index is 1390. The third kappa shape index (κ3) is 6.54. The van der Waals surface area contributed by atoms with Gasteiger partial charge < -0.3 is 25.9 Å². The topological polar surface area (TPSA) is 263 Å². The number of carbonyl (C=O) groups is 6. The third-order valence-electron chi connectivity index (χ3n) is 5.50. The van der Waals surface area contributed by atoms with E-state index < -0.39 is 70.0 Å². The van der Waals surface area contributed by atoms with Crippen LogP contribution in [0.4, 0.5) is 19.5 Å². The highest BCUT2D eigenvalue weighted by Gasteiger charge is 2.44. The van der Waals surface area contributed by atoms with E-state index in [2.05, 4.69) is 15.5 Å². The average molecular weight is 604 g/mol. The fourth-order valence-corrected chi connectivity index (χ4v) is 4.45. The van der Waals surface area contributed by atoms with Gasteiger partial charge in [0, 0.05) is 25.0 Å². The predicted molar refractivity (Wildman–Crippen MR) is 135 cm³/mol. The standard InChI is InChI=1S/C19H25N9O10S2/c1-4-26-5-6-27(18(26)35)16(33)24-40(36,37)25-17(34)28-7-9(13(28)30)21-12(29)11(10-8-39-15(20)22-10)23-38-19(2,3)14(31)32/h8-9H,4-7H2,1-3H3,(H2,20,22)(H,21,29)(H,24,33)(H,25,34)(H,31,32)/t9-/m0/s1. The second kappa shape index (κ2) is 11.3. The average Bonchev–Trinajstić information content (AvgIpc) is 3.45. The second-order valence-corrected chi connectivity index (χ2v) is 11.0. The molecule has 1 aromatic heterocycles. The Morgan fingerprint density at radius 2 is 1.82 bits per heavy atom. The molecule has 19 nitrogen and oxygen atoms in total. The number of likely N-dealkylation sites (N-methyl/N-ethyl adjacent to an activating group) is 1. The molecule has 0 radical (unpaired) electrons. The number of rotatable bonds is 9. The molecule has 2 saturated heterocycles. The number of imide groups is 2. The number of aliphatic carboxylic acids is 1. The Balaban J connectivity index is 1.60. The number of hydrogen-bond donors (Lipinski definition) is 5. The van der Waals surface area contributed by atoms with Gasteiger partial charge in [-0.1, -0.05) is 5.16 Å². The lowest BCUT2D eigenvalue weighted by Gasteiger charge is -2.36. The molecule has 0 aliphatic carbocycles. The number of nitrogens with zero attached hydrogens (tertiary/aromatic N) is 5. The van der Waals surface area contributed by atoms with Crippen molar-refractivity contribution in [3.05, 3.63) is 11.1 Å². The van der Waals surface area contributed by atoms with Gasteiger partial charge in [-0.05, 0) is 20.8 Å². The van der Waals surface area contributed by atoms with Crippen LogP contribution in [0.25, 0.3) is 0 Å². The molecule has 0 spiro atoms. The van der Waals surface area contributed by atoms with Gasteiger partial charge in [-0.15, -0.1) is 11.3 Å². The van der Waals surface area contributed by atoms with E-state index in [0.717, 1.165) is 11.3 Å². The van der Waals surface area contributed by atoms with Gasteiger partial charge in [0.05, 0.1) is 6.54 Å². The van der Waals surface area contributed by atoms with Crippen LogP contribution >= 0.6 is 11.3 Å². The monoisotopic (exact) mass is 603 g/mol. The summed E-state index contributed by atoms with van der Waals surface area (Å²) >= 11 is 0.947. The summed E-state index contributed by atoms with van der Waals surface area (Å²) in [5.41, 5.74) is 3.16. The third-order valence-corrected chi connectivity index (χ3v) is 7.07. The molecular weight excluding hydrogens is 578 g/mol. The van der Waals surface area contributed by atoms with Gasteiger partial charge in [-0.2, -0.15) is 8.42 Å². The summed E-state index contributed by atoms with van der Waals surface area (Å²) in [6.45, 7) is 4.00. The number of hydrogen-bond acceptors (Lipinski definition) is 13. The second-order valence-electron chi connectivity index (χ2n) is 8.72. The number of carboxylic acid groups (broad SMARTS) is 1. The molecule has 6 N–H and O–H groups in total. The summed E-state index contributed by atoms with van der Waals surface area (Å²) in [5, 5.41) is 16.4. The van der Waals surface area contributed by atoms with Gasteiger partial charge >= 0.3 is 34.3 Å². The number of β-lactam (4-membered cyclic amide) rings is 1. The van der Waals surface area contributed by atoms with E-state index in [4.69, 9.17) is 10.6 Å². The zero-order valence-corrected chi connectivity index (χ0v) is 22.9. The maximum absolute atomic E-state index is 12.8. The molecule has 0 bridgehead atoms. The first-order valence-corrected chi connectivity index (χ1v) is 13.7. The largest absolute Gasteiger partial charge is 0.478 e. The molecular formula is C19H25N9O10S2. The van der Waals surface area contributed by atoms with Crippen molar-refractivity contribution in [2.24, 2.45) is 5.16 Å². The van der Waals surface area contributed by atoms with Crippen molar-refractivity contribution in [3.63, 3.8) is 0 Å². The summed E-state index contributed by atoms with van der Waals surface area (Å²) in [6.07, 6.45) is 0. The lowest BCUT2D eigenvalue weighted by molar-refractivity contribution is -0.161. The number of carbonyl (C=O) groups excluding carboxylic acids is 5. The normalized spacial score (nSPS) is 17.8. The Morgan fingerprint density at radius 3 is 2.33 bits per heavy atom. The van der Waals surface area contributed by atoms with E-state index in [1.807, 2.05) is 0 Å². The number of nitrogen functional groups attached to an aromatic ring is 1. The van der Waals surface area contributed by atoms with Crippen molar-refractivity contribution < 1.29 is 47.1 Å². The van der Waals surface area contributed by atoms with E-state index in [1.165, 1.54) is 33.6 Å². The van der Waals surface area contributed by atoms with Crippen LogP contribution in [0.15, 0.2) is 10.5 Å². The van der Waals surface area contributed by atoms with Gasteiger partial charge in [0.2, 0.25) is 5.60 Å². The van der Waals surface area contributed by atoms with Crippen LogP contribution in [0.1, 0.15) is 26.5 Å². The van der Waals surface area contributed by atoms with E-state index in [1.54, 1.807) is 6.92 Å². The molecule has 1 aromatic rings. The van der Waals surface area contributed by atoms with Crippen molar-refractivity contribution in [2.75, 3.05) is 31.9 Å². The van der Waals surface area contributed by atoms with Crippen molar-refractivity contribution >= 4 is 68.3 Å². The van der Waals surface area contributed by atoms with Crippen LogP contribution in [0.3, 0.4) is 0 Å². The minimum atomic E-state index is -4.82. The van der Waals surface area contributed by atoms with Crippen molar-refractivity contribution in [1.82, 2.24) is 34.4 Å². The highest BCUT2D eigenvalue weighted by Crippen LogP contribution is 2.17. The Hall–Kier alpha value is -4.53. The molecule has 0 unspecified atom stereocenters. The molecule has 218 valence electrons. The van der Waals surface area contributed by atoms with Crippen LogP contribution in [0, 0.1) is 0 Å². The number of likely N-dealkylation sites (tertiary alicyclic amines) is 1. The zero-order valence-electron chi connectivity index (χ0n) is 21.2. The molecule has 2 aliphatic rings. The van der Waals surface area contributed by atoms with E-state index in [9.17, 15) is 42.3 Å². The van der Waals surface area contributed by atoms with E-state index in [0.29, 0.717) is 16.3 Å². The number of carboxylic acids is 1. The number of nitrogens with two attached hydrogens (primary N) is 1. The number of anilines is 1. The Labute approximate surface area is 230 Å². The summed E-state index contributed by atoms with van der Waals surface area (Å²) in [5.74, 6) is -3.42. The van der Waals surface area contributed by atoms with E-state index in [-0.39, 0.29) is 23.9 Å². The number of oxime groups is 1. The maximum Gasteiger partial charge on any atom is 0.350 e. The van der Waals surface area contributed by atoms with Crippen molar-refractivity contribution in [1.29, 1.82) is 0 Å². The van der Waals surface area contributed by atoms with E-state index >= 15 is 0 Å². The smallest absolute Gasteiger partial charge is 0.350 e. The summed E-state index contributed by atoms with van der Waals surface area (Å²) in [4.78, 5) is 84.4. The SMILES string of the molecule is CCN1CCN(C(=O)NS(=O)(=O)NC(=O)N2C[C@H](NC(=O)C(=NOC(C)(C)C(=O)O)c3csc(N)n3)C2=O)C1=O. The molecule has 2 aliphatic heterocycles. The number of urea groups is 3. The van der Waals surface area contributed by atoms with Crippen LogP contribution in [-0.2, 0) is 29.4 Å². The van der Waals surface area contributed by atoms with Crippen LogP contribution in [0.5, 0.6) is 0 Å². The Morgan fingerprint density at radius 1 is 1.20 bits per heavy atom. The van der Waals surface area contributed by atoms with Crippen LogP contribution < -0.4 is 20.5 Å². The number of thiazole rings is 1. The number of aromatic nitrogens is 1.